The van der Waals surface area contributed by atoms with E-state index in [2.05, 4.69) is 5.43 Å². The quantitative estimate of drug-likeness (QED) is 0.828. The van der Waals surface area contributed by atoms with Crippen LogP contribution in [0, 0.1) is 6.92 Å². The van der Waals surface area contributed by atoms with Crippen molar-refractivity contribution in [2.24, 2.45) is 0 Å². The molecule has 0 fully saturated rings. The number of hydrogen-bond acceptors (Lipinski definition) is 2. The molecule has 0 heterocycles. The molecule has 0 aliphatic carbocycles. The molecular weight excluding hydrogens is 324 g/mol. The summed E-state index contributed by atoms with van der Waals surface area (Å²) in [4.78, 5) is 25.4. The highest BCUT2D eigenvalue weighted by molar-refractivity contribution is 6.31. The fourth-order valence-electron chi connectivity index (χ4n) is 2.22. The van der Waals surface area contributed by atoms with Gasteiger partial charge in [-0.05, 0) is 57.5 Å². The Morgan fingerprint density at radius 2 is 1.67 bits per heavy atom. The molecule has 1 N–H and O–H groups in total. The zero-order valence-corrected chi connectivity index (χ0v) is 15.0. The largest absolute Gasteiger partial charge is 0.273 e. The van der Waals surface area contributed by atoms with E-state index < -0.39 is 5.54 Å². The van der Waals surface area contributed by atoms with Gasteiger partial charge in [0.1, 0.15) is 0 Å². The van der Waals surface area contributed by atoms with Crippen LogP contribution in [0.15, 0.2) is 48.5 Å². The lowest BCUT2D eigenvalue weighted by molar-refractivity contribution is 0.0358. The van der Waals surface area contributed by atoms with Gasteiger partial charge in [-0.15, -0.1) is 0 Å². The van der Waals surface area contributed by atoms with E-state index in [4.69, 9.17) is 11.6 Å². The Labute approximate surface area is 147 Å². The minimum Gasteiger partial charge on any atom is -0.267 e. The Morgan fingerprint density at radius 3 is 2.25 bits per heavy atom. The first-order chi connectivity index (χ1) is 11.2. The maximum atomic E-state index is 13.0. The molecule has 0 saturated heterocycles. The molecular formula is C19H21ClN2O2. The van der Waals surface area contributed by atoms with Gasteiger partial charge in [-0.2, -0.15) is 0 Å². The average molecular weight is 345 g/mol. The van der Waals surface area contributed by atoms with Crippen LogP contribution in [-0.4, -0.2) is 22.4 Å². The normalized spacial score (nSPS) is 11.0. The molecule has 0 atom stereocenters. The third-order valence-corrected chi connectivity index (χ3v) is 3.79. The Bertz CT molecular complexity index is 752. The van der Waals surface area contributed by atoms with Gasteiger partial charge in [-0.3, -0.25) is 15.0 Å². The fraction of sp³-hybridized carbons (Fsp3) is 0.263. The summed E-state index contributed by atoms with van der Waals surface area (Å²) >= 11 is 6.02. The van der Waals surface area contributed by atoms with Gasteiger partial charge in [0.2, 0.25) is 0 Å². The van der Waals surface area contributed by atoms with E-state index in [1.54, 1.807) is 42.5 Å². The number of nitrogens with zero attached hydrogens (tertiary/aromatic N) is 1. The van der Waals surface area contributed by atoms with Gasteiger partial charge in [-0.1, -0.05) is 35.9 Å². The summed E-state index contributed by atoms with van der Waals surface area (Å²) in [5.74, 6) is -0.634. The van der Waals surface area contributed by atoms with E-state index in [1.165, 1.54) is 5.01 Å². The molecule has 0 aromatic heterocycles. The van der Waals surface area contributed by atoms with E-state index in [-0.39, 0.29) is 11.8 Å². The lowest BCUT2D eigenvalue weighted by atomic mass is 10.0. The highest BCUT2D eigenvalue weighted by atomic mass is 35.5. The number of benzene rings is 2. The van der Waals surface area contributed by atoms with Gasteiger partial charge >= 0.3 is 0 Å². The first-order valence-electron chi connectivity index (χ1n) is 7.67. The van der Waals surface area contributed by atoms with Gasteiger partial charge in [0.15, 0.2) is 0 Å². The number of amides is 2. The molecule has 0 aliphatic heterocycles. The van der Waals surface area contributed by atoms with E-state index >= 15 is 0 Å². The fourth-order valence-corrected chi connectivity index (χ4v) is 2.40. The zero-order valence-electron chi connectivity index (χ0n) is 14.3. The van der Waals surface area contributed by atoms with Crippen LogP contribution in [0.4, 0.5) is 0 Å². The minimum atomic E-state index is -0.601. The van der Waals surface area contributed by atoms with Crippen LogP contribution in [0.2, 0.25) is 5.02 Å². The van der Waals surface area contributed by atoms with Crippen molar-refractivity contribution in [3.63, 3.8) is 0 Å². The van der Waals surface area contributed by atoms with E-state index in [0.29, 0.717) is 16.1 Å². The molecule has 2 aromatic carbocycles. The van der Waals surface area contributed by atoms with Crippen molar-refractivity contribution in [1.82, 2.24) is 10.4 Å². The summed E-state index contributed by atoms with van der Waals surface area (Å²) in [6.07, 6.45) is 0. The number of hydrazine groups is 1. The highest BCUT2D eigenvalue weighted by Crippen LogP contribution is 2.21. The van der Waals surface area contributed by atoms with E-state index in [9.17, 15) is 9.59 Å². The summed E-state index contributed by atoms with van der Waals surface area (Å²) in [6, 6.07) is 13.9. The van der Waals surface area contributed by atoms with Crippen LogP contribution in [-0.2, 0) is 0 Å². The second-order valence-corrected chi connectivity index (χ2v) is 7.01. The Morgan fingerprint density at radius 1 is 1.04 bits per heavy atom. The van der Waals surface area contributed by atoms with Crippen molar-refractivity contribution >= 4 is 23.4 Å². The Hall–Kier alpha value is -2.33. The topological polar surface area (TPSA) is 49.4 Å². The predicted molar refractivity (Wildman–Crippen MR) is 96.0 cm³/mol. The SMILES string of the molecule is Cc1ccc(Cl)cc1C(=O)N(NC(=O)c1ccccc1)C(C)(C)C. The number of carbonyl (C=O) groups excluding carboxylic acids is 2. The van der Waals surface area contributed by atoms with Crippen molar-refractivity contribution in [3.8, 4) is 0 Å². The molecule has 0 spiro atoms. The van der Waals surface area contributed by atoms with Crippen LogP contribution < -0.4 is 5.43 Å². The predicted octanol–water partition coefficient (Wildman–Crippen LogP) is 4.23. The molecule has 24 heavy (non-hydrogen) atoms. The van der Waals surface area contributed by atoms with Crippen molar-refractivity contribution in [2.75, 3.05) is 0 Å². The van der Waals surface area contributed by atoms with Crippen LogP contribution in [0.5, 0.6) is 0 Å². The molecule has 2 aromatic rings. The van der Waals surface area contributed by atoms with Crippen LogP contribution in [0.3, 0.4) is 0 Å². The molecule has 5 heteroatoms. The number of rotatable bonds is 2. The van der Waals surface area contributed by atoms with Crippen LogP contribution in [0.1, 0.15) is 47.1 Å². The second kappa shape index (κ2) is 7.05. The third-order valence-electron chi connectivity index (χ3n) is 3.55. The zero-order chi connectivity index (χ0) is 17.9. The van der Waals surface area contributed by atoms with Crippen molar-refractivity contribution in [2.45, 2.75) is 33.2 Å². The molecule has 126 valence electrons. The second-order valence-electron chi connectivity index (χ2n) is 6.58. The maximum Gasteiger partial charge on any atom is 0.273 e. The van der Waals surface area contributed by atoms with Crippen molar-refractivity contribution in [3.05, 3.63) is 70.2 Å². The van der Waals surface area contributed by atoms with Crippen LogP contribution >= 0.6 is 11.6 Å². The Kier molecular flexibility index (Phi) is 5.30. The highest BCUT2D eigenvalue weighted by Gasteiger charge is 2.30. The number of aryl methyl sites for hydroxylation is 1. The molecule has 0 saturated carbocycles. The van der Waals surface area contributed by atoms with Crippen molar-refractivity contribution in [1.29, 1.82) is 0 Å². The number of hydrogen-bond donors (Lipinski definition) is 1. The molecule has 4 nitrogen and oxygen atoms in total. The van der Waals surface area contributed by atoms with Gasteiger partial charge in [-0.25, -0.2) is 5.01 Å². The smallest absolute Gasteiger partial charge is 0.267 e. The molecule has 0 bridgehead atoms. The Balaban J connectivity index is 2.34. The van der Waals surface area contributed by atoms with Crippen molar-refractivity contribution < 1.29 is 9.59 Å². The molecule has 0 aliphatic rings. The summed E-state index contributed by atoms with van der Waals surface area (Å²) in [5.41, 5.74) is 3.87. The number of nitrogens with one attached hydrogen (secondary N) is 1. The molecule has 2 amide bonds. The lowest BCUT2D eigenvalue weighted by Gasteiger charge is -2.35. The molecule has 0 unspecified atom stereocenters. The number of halogens is 1. The van der Waals surface area contributed by atoms with Gasteiger partial charge < -0.3 is 0 Å². The first kappa shape index (κ1) is 18.0. The summed E-state index contributed by atoms with van der Waals surface area (Å²) < 4.78 is 0. The summed E-state index contributed by atoms with van der Waals surface area (Å²) in [7, 11) is 0. The van der Waals surface area contributed by atoms with Crippen LogP contribution in [0.25, 0.3) is 0 Å². The van der Waals surface area contributed by atoms with Gasteiger partial charge in [0.05, 0.1) is 5.54 Å². The monoisotopic (exact) mass is 344 g/mol. The third kappa shape index (κ3) is 4.15. The molecule has 2 rings (SSSR count). The molecule has 0 radical (unpaired) electrons. The van der Waals surface area contributed by atoms with Gasteiger partial charge in [0.25, 0.3) is 11.8 Å². The average Bonchev–Trinajstić information content (AvgIpc) is 2.53. The maximum absolute atomic E-state index is 13.0. The van der Waals surface area contributed by atoms with Gasteiger partial charge in [0, 0.05) is 16.1 Å². The van der Waals surface area contributed by atoms with E-state index in [1.807, 2.05) is 33.8 Å². The summed E-state index contributed by atoms with van der Waals surface area (Å²) in [5, 5.41) is 1.83. The first-order valence-corrected chi connectivity index (χ1v) is 8.04. The standard InChI is InChI=1S/C19H21ClN2O2/c1-13-10-11-15(20)12-16(13)18(24)22(19(2,3)4)21-17(23)14-8-6-5-7-9-14/h5-12H,1-4H3,(H,21,23). The number of carbonyl (C=O) groups is 2. The lowest BCUT2D eigenvalue weighted by Crippen LogP contribution is -2.56. The minimum absolute atomic E-state index is 0.299. The summed E-state index contributed by atoms with van der Waals surface area (Å²) in [6.45, 7) is 7.41. The van der Waals surface area contributed by atoms with E-state index in [0.717, 1.165) is 5.56 Å².